The Morgan fingerprint density at radius 3 is 2.69 bits per heavy atom. The smallest absolute Gasteiger partial charge is 0.124 e. The van der Waals surface area contributed by atoms with Crippen LogP contribution in [-0.2, 0) is 6.54 Å². The van der Waals surface area contributed by atoms with Gasteiger partial charge in [0.2, 0.25) is 0 Å². The molecule has 0 aromatic heterocycles. The molecule has 1 saturated carbocycles. The summed E-state index contributed by atoms with van der Waals surface area (Å²) in [4.78, 5) is 0. The predicted octanol–water partition coefficient (Wildman–Crippen LogP) is 3.17. The van der Waals surface area contributed by atoms with E-state index in [2.05, 4.69) is 13.0 Å². The van der Waals surface area contributed by atoms with E-state index in [1.165, 1.54) is 37.7 Å². The van der Waals surface area contributed by atoms with Crippen LogP contribution in [0.2, 0.25) is 0 Å². The van der Waals surface area contributed by atoms with Gasteiger partial charge in [-0.2, -0.15) is 0 Å². The third-order valence-corrected chi connectivity index (χ3v) is 3.42. The molecule has 0 aliphatic heterocycles. The van der Waals surface area contributed by atoms with Gasteiger partial charge in [0, 0.05) is 12.1 Å². The zero-order chi connectivity index (χ0) is 11.4. The molecule has 1 aromatic carbocycles. The summed E-state index contributed by atoms with van der Waals surface area (Å²) < 4.78 is 6.08. The van der Waals surface area contributed by atoms with Crippen molar-refractivity contribution in [2.24, 2.45) is 5.73 Å². The van der Waals surface area contributed by atoms with Crippen LogP contribution in [0.5, 0.6) is 5.75 Å². The van der Waals surface area contributed by atoms with E-state index in [1.807, 2.05) is 12.1 Å². The minimum atomic E-state index is 0.404. The first-order valence-electron chi connectivity index (χ1n) is 6.26. The maximum absolute atomic E-state index is 6.08. The van der Waals surface area contributed by atoms with E-state index >= 15 is 0 Å². The maximum Gasteiger partial charge on any atom is 0.124 e. The molecule has 0 atom stereocenters. The lowest BCUT2D eigenvalue weighted by atomic mass is 9.97. The van der Waals surface area contributed by atoms with Crippen molar-refractivity contribution in [1.29, 1.82) is 0 Å². The third kappa shape index (κ3) is 2.56. The molecule has 16 heavy (non-hydrogen) atoms. The summed E-state index contributed by atoms with van der Waals surface area (Å²) in [5.41, 5.74) is 8.17. The summed E-state index contributed by atoms with van der Waals surface area (Å²) >= 11 is 0. The highest BCUT2D eigenvalue weighted by molar-refractivity contribution is 5.39. The van der Waals surface area contributed by atoms with Gasteiger partial charge < -0.3 is 10.5 Å². The standard InChI is InChI=1S/C14H21NO/c1-11-6-5-9-14(13(11)10-15)16-12-7-3-2-4-8-12/h5-6,9,12H,2-4,7-8,10,15H2,1H3. The molecule has 1 aliphatic carbocycles. The monoisotopic (exact) mass is 219 g/mol. The van der Waals surface area contributed by atoms with Gasteiger partial charge in [0.15, 0.2) is 0 Å². The van der Waals surface area contributed by atoms with Crippen molar-refractivity contribution >= 4 is 0 Å². The summed E-state index contributed by atoms with van der Waals surface area (Å²) in [7, 11) is 0. The Morgan fingerprint density at radius 1 is 1.25 bits per heavy atom. The summed E-state index contributed by atoms with van der Waals surface area (Å²) in [5, 5.41) is 0. The van der Waals surface area contributed by atoms with Crippen molar-refractivity contribution < 1.29 is 4.74 Å². The van der Waals surface area contributed by atoms with Crippen molar-refractivity contribution in [2.75, 3.05) is 0 Å². The predicted molar refractivity (Wildman–Crippen MR) is 66.6 cm³/mol. The second-order valence-electron chi connectivity index (χ2n) is 4.63. The van der Waals surface area contributed by atoms with Crippen LogP contribution in [0.3, 0.4) is 0 Å². The molecule has 1 aromatic rings. The number of hydrogen-bond acceptors (Lipinski definition) is 2. The Bertz CT molecular complexity index is 343. The zero-order valence-corrected chi connectivity index (χ0v) is 10.0. The molecule has 1 aliphatic rings. The lowest BCUT2D eigenvalue weighted by Crippen LogP contribution is -2.20. The Hall–Kier alpha value is -1.02. The SMILES string of the molecule is Cc1cccc(OC2CCCCC2)c1CN. The number of benzene rings is 1. The van der Waals surface area contributed by atoms with E-state index in [9.17, 15) is 0 Å². The van der Waals surface area contributed by atoms with Crippen LogP contribution < -0.4 is 10.5 Å². The highest BCUT2D eigenvalue weighted by atomic mass is 16.5. The van der Waals surface area contributed by atoms with Crippen LogP contribution in [0.15, 0.2) is 18.2 Å². The average Bonchev–Trinajstić information content (AvgIpc) is 2.31. The largest absolute Gasteiger partial charge is 0.490 e. The molecule has 2 rings (SSSR count). The van der Waals surface area contributed by atoms with Gasteiger partial charge in [0.05, 0.1) is 6.10 Å². The van der Waals surface area contributed by atoms with Crippen LogP contribution in [0, 0.1) is 6.92 Å². The summed E-state index contributed by atoms with van der Waals surface area (Å²) in [6, 6.07) is 6.19. The molecule has 0 radical (unpaired) electrons. The van der Waals surface area contributed by atoms with Crippen molar-refractivity contribution in [3.8, 4) is 5.75 Å². The number of ether oxygens (including phenoxy) is 1. The maximum atomic E-state index is 6.08. The molecule has 0 bridgehead atoms. The Labute approximate surface area is 97.8 Å². The molecular weight excluding hydrogens is 198 g/mol. The fraction of sp³-hybridized carbons (Fsp3) is 0.571. The summed E-state index contributed by atoms with van der Waals surface area (Å²) in [6.07, 6.45) is 6.75. The second-order valence-corrected chi connectivity index (χ2v) is 4.63. The van der Waals surface area contributed by atoms with E-state index < -0.39 is 0 Å². The molecular formula is C14H21NO. The Morgan fingerprint density at radius 2 is 2.00 bits per heavy atom. The van der Waals surface area contributed by atoms with E-state index in [-0.39, 0.29) is 0 Å². The lowest BCUT2D eigenvalue weighted by molar-refractivity contribution is 0.153. The van der Waals surface area contributed by atoms with Gasteiger partial charge in [-0.05, 0) is 44.2 Å². The van der Waals surface area contributed by atoms with E-state index in [0.717, 1.165) is 11.3 Å². The fourth-order valence-corrected chi connectivity index (χ4v) is 2.41. The Kier molecular flexibility index (Phi) is 3.83. The van der Waals surface area contributed by atoms with Gasteiger partial charge in [-0.3, -0.25) is 0 Å². The van der Waals surface area contributed by atoms with Gasteiger partial charge >= 0.3 is 0 Å². The van der Waals surface area contributed by atoms with E-state index in [4.69, 9.17) is 10.5 Å². The molecule has 0 heterocycles. The highest BCUT2D eigenvalue weighted by Crippen LogP contribution is 2.27. The number of rotatable bonds is 3. The molecule has 2 heteroatoms. The van der Waals surface area contributed by atoms with E-state index in [1.54, 1.807) is 0 Å². The van der Waals surface area contributed by atoms with Crippen LogP contribution in [-0.4, -0.2) is 6.10 Å². The van der Waals surface area contributed by atoms with Crippen molar-refractivity contribution in [1.82, 2.24) is 0 Å². The fourth-order valence-electron chi connectivity index (χ4n) is 2.41. The quantitative estimate of drug-likeness (QED) is 0.847. The number of aryl methyl sites for hydroxylation is 1. The number of hydrogen-bond donors (Lipinski definition) is 1. The zero-order valence-electron chi connectivity index (χ0n) is 10.0. The first-order chi connectivity index (χ1) is 7.81. The van der Waals surface area contributed by atoms with Crippen molar-refractivity contribution in [3.05, 3.63) is 29.3 Å². The topological polar surface area (TPSA) is 35.2 Å². The molecule has 2 N–H and O–H groups in total. The van der Waals surface area contributed by atoms with Crippen LogP contribution in [0.1, 0.15) is 43.2 Å². The van der Waals surface area contributed by atoms with Gasteiger partial charge in [-0.1, -0.05) is 18.6 Å². The molecule has 0 saturated heterocycles. The molecule has 2 nitrogen and oxygen atoms in total. The lowest BCUT2D eigenvalue weighted by Gasteiger charge is -2.24. The van der Waals surface area contributed by atoms with Crippen LogP contribution in [0.4, 0.5) is 0 Å². The third-order valence-electron chi connectivity index (χ3n) is 3.42. The summed E-state index contributed by atoms with van der Waals surface area (Å²) in [5.74, 6) is 0.995. The molecule has 88 valence electrons. The van der Waals surface area contributed by atoms with Crippen molar-refractivity contribution in [2.45, 2.75) is 51.7 Å². The van der Waals surface area contributed by atoms with Gasteiger partial charge in [0.1, 0.15) is 5.75 Å². The van der Waals surface area contributed by atoms with Crippen LogP contribution in [0.25, 0.3) is 0 Å². The summed E-state index contributed by atoms with van der Waals surface area (Å²) in [6.45, 7) is 2.66. The molecule has 0 unspecified atom stereocenters. The van der Waals surface area contributed by atoms with E-state index in [0.29, 0.717) is 12.6 Å². The Balaban J connectivity index is 2.10. The van der Waals surface area contributed by atoms with Crippen molar-refractivity contribution in [3.63, 3.8) is 0 Å². The molecule has 0 spiro atoms. The first kappa shape index (κ1) is 11.5. The minimum Gasteiger partial charge on any atom is -0.490 e. The van der Waals surface area contributed by atoms with Gasteiger partial charge in [-0.15, -0.1) is 0 Å². The average molecular weight is 219 g/mol. The molecule has 0 amide bonds. The minimum absolute atomic E-state index is 0.404. The van der Waals surface area contributed by atoms with Gasteiger partial charge in [0.25, 0.3) is 0 Å². The highest BCUT2D eigenvalue weighted by Gasteiger charge is 2.16. The molecule has 1 fully saturated rings. The normalized spacial score (nSPS) is 17.4. The first-order valence-corrected chi connectivity index (χ1v) is 6.26. The second kappa shape index (κ2) is 5.35. The van der Waals surface area contributed by atoms with Gasteiger partial charge in [-0.25, -0.2) is 0 Å². The van der Waals surface area contributed by atoms with Crippen LogP contribution >= 0.6 is 0 Å². The number of nitrogens with two attached hydrogens (primary N) is 1.